The van der Waals surface area contributed by atoms with Crippen molar-refractivity contribution in [2.24, 2.45) is 5.92 Å². The number of fused-ring (bicyclic) bond motifs is 1. The molecule has 0 fully saturated rings. The molecule has 1 atom stereocenters. The van der Waals surface area contributed by atoms with E-state index in [0.717, 1.165) is 28.9 Å². The quantitative estimate of drug-likeness (QED) is 0.681. The standard InChI is InChI=1S/C16H20O4/c1-9(2)16(18)20-8-12-5-13-6-14(17)10(3)11(4)15(13)19-7-12/h6,12,17H,1,5,7-8H2,2-4H3. The number of hydrogen-bond donors (Lipinski definition) is 1. The minimum Gasteiger partial charge on any atom is -0.508 e. The maximum Gasteiger partial charge on any atom is 0.333 e. The largest absolute Gasteiger partial charge is 0.508 e. The zero-order chi connectivity index (χ0) is 14.9. The molecule has 0 spiro atoms. The Morgan fingerprint density at radius 2 is 2.20 bits per heavy atom. The molecule has 0 aliphatic carbocycles. The molecule has 0 radical (unpaired) electrons. The lowest BCUT2D eigenvalue weighted by molar-refractivity contribution is -0.140. The highest BCUT2D eigenvalue weighted by atomic mass is 16.5. The van der Waals surface area contributed by atoms with Crippen molar-refractivity contribution in [1.82, 2.24) is 0 Å². The summed E-state index contributed by atoms with van der Waals surface area (Å²) in [5.74, 6) is 0.859. The number of benzene rings is 1. The van der Waals surface area contributed by atoms with E-state index in [4.69, 9.17) is 9.47 Å². The molecule has 0 saturated heterocycles. The van der Waals surface area contributed by atoms with Crippen LogP contribution in [0.2, 0.25) is 0 Å². The zero-order valence-electron chi connectivity index (χ0n) is 12.2. The van der Waals surface area contributed by atoms with Crippen molar-refractivity contribution in [3.05, 3.63) is 34.9 Å². The predicted molar refractivity (Wildman–Crippen MR) is 76.0 cm³/mol. The van der Waals surface area contributed by atoms with Crippen molar-refractivity contribution in [1.29, 1.82) is 0 Å². The molecule has 0 bridgehead atoms. The second-order valence-corrected chi connectivity index (χ2v) is 5.39. The van der Waals surface area contributed by atoms with Gasteiger partial charge < -0.3 is 14.6 Å². The zero-order valence-corrected chi connectivity index (χ0v) is 12.2. The molecule has 1 aromatic carbocycles. The van der Waals surface area contributed by atoms with Gasteiger partial charge >= 0.3 is 5.97 Å². The van der Waals surface area contributed by atoms with Gasteiger partial charge in [-0.3, -0.25) is 0 Å². The molecule has 4 nitrogen and oxygen atoms in total. The van der Waals surface area contributed by atoms with Crippen LogP contribution in [0.5, 0.6) is 11.5 Å². The molecule has 1 unspecified atom stereocenters. The minimum atomic E-state index is -0.376. The molecule has 1 heterocycles. The van der Waals surface area contributed by atoms with Gasteiger partial charge in [0.1, 0.15) is 11.5 Å². The third kappa shape index (κ3) is 2.79. The van der Waals surface area contributed by atoms with Crippen molar-refractivity contribution < 1.29 is 19.4 Å². The Balaban J connectivity index is 2.08. The third-order valence-corrected chi connectivity index (χ3v) is 3.66. The van der Waals surface area contributed by atoms with E-state index in [0.29, 0.717) is 18.8 Å². The summed E-state index contributed by atoms with van der Waals surface area (Å²) in [4.78, 5) is 11.4. The summed E-state index contributed by atoms with van der Waals surface area (Å²) < 4.78 is 10.9. The van der Waals surface area contributed by atoms with E-state index in [-0.39, 0.29) is 17.6 Å². The topological polar surface area (TPSA) is 55.8 Å². The summed E-state index contributed by atoms with van der Waals surface area (Å²) >= 11 is 0. The van der Waals surface area contributed by atoms with Crippen LogP contribution in [-0.2, 0) is 16.0 Å². The van der Waals surface area contributed by atoms with Gasteiger partial charge in [0.2, 0.25) is 0 Å². The number of carbonyl (C=O) groups excluding carboxylic acids is 1. The lowest BCUT2D eigenvalue weighted by atomic mass is 9.93. The van der Waals surface area contributed by atoms with Gasteiger partial charge in [0.25, 0.3) is 0 Å². The number of phenols is 1. The number of aromatic hydroxyl groups is 1. The lowest BCUT2D eigenvalue weighted by Gasteiger charge is -2.27. The van der Waals surface area contributed by atoms with E-state index < -0.39 is 0 Å². The van der Waals surface area contributed by atoms with Gasteiger partial charge in [-0.15, -0.1) is 0 Å². The molecular weight excluding hydrogens is 256 g/mol. The minimum absolute atomic E-state index is 0.104. The van der Waals surface area contributed by atoms with Crippen molar-refractivity contribution in [2.45, 2.75) is 27.2 Å². The fourth-order valence-corrected chi connectivity index (χ4v) is 2.29. The summed E-state index contributed by atoms with van der Waals surface area (Å²) in [6.07, 6.45) is 0.730. The Labute approximate surface area is 119 Å². The Morgan fingerprint density at radius 1 is 1.50 bits per heavy atom. The van der Waals surface area contributed by atoms with Crippen molar-refractivity contribution >= 4 is 5.97 Å². The average Bonchev–Trinajstić information content (AvgIpc) is 2.41. The SMILES string of the molecule is C=C(C)C(=O)OCC1COc2c(cc(O)c(C)c2C)C1. The summed E-state index contributed by atoms with van der Waals surface area (Å²) in [6.45, 7) is 9.80. The summed E-state index contributed by atoms with van der Waals surface area (Å²) in [5.41, 5.74) is 3.17. The molecule has 2 rings (SSSR count). The van der Waals surface area contributed by atoms with Crippen molar-refractivity contribution in [2.75, 3.05) is 13.2 Å². The van der Waals surface area contributed by atoms with Gasteiger partial charge in [0.15, 0.2) is 0 Å². The molecule has 0 aromatic heterocycles. The highest BCUT2D eigenvalue weighted by molar-refractivity contribution is 5.86. The third-order valence-electron chi connectivity index (χ3n) is 3.66. The number of esters is 1. The molecule has 1 N–H and O–H groups in total. The fraction of sp³-hybridized carbons (Fsp3) is 0.438. The molecule has 4 heteroatoms. The van der Waals surface area contributed by atoms with E-state index in [2.05, 4.69) is 6.58 Å². The number of phenolic OH excluding ortho intramolecular Hbond substituents is 1. The second kappa shape index (κ2) is 5.57. The van der Waals surface area contributed by atoms with E-state index in [1.807, 2.05) is 13.8 Å². The number of rotatable bonds is 3. The summed E-state index contributed by atoms with van der Waals surface area (Å²) in [6, 6.07) is 1.74. The summed E-state index contributed by atoms with van der Waals surface area (Å²) in [5, 5.41) is 9.88. The van der Waals surface area contributed by atoms with Crippen LogP contribution >= 0.6 is 0 Å². The first-order valence-electron chi connectivity index (χ1n) is 6.67. The Morgan fingerprint density at radius 3 is 2.85 bits per heavy atom. The molecular formula is C16H20O4. The van der Waals surface area contributed by atoms with Crippen molar-refractivity contribution in [3.8, 4) is 11.5 Å². The van der Waals surface area contributed by atoms with E-state index >= 15 is 0 Å². The molecule has 1 aromatic rings. The van der Waals surface area contributed by atoms with Crippen molar-refractivity contribution in [3.63, 3.8) is 0 Å². The Bertz CT molecular complexity index is 560. The maximum atomic E-state index is 11.4. The molecule has 0 saturated carbocycles. The van der Waals surface area contributed by atoms with Gasteiger partial charge in [-0.25, -0.2) is 4.79 Å². The van der Waals surface area contributed by atoms with Crippen LogP contribution < -0.4 is 4.74 Å². The molecule has 1 aliphatic heterocycles. The smallest absolute Gasteiger partial charge is 0.333 e. The van der Waals surface area contributed by atoms with Gasteiger partial charge in [-0.2, -0.15) is 0 Å². The molecule has 108 valence electrons. The normalized spacial score (nSPS) is 17.1. The average molecular weight is 276 g/mol. The second-order valence-electron chi connectivity index (χ2n) is 5.39. The first kappa shape index (κ1) is 14.4. The lowest BCUT2D eigenvalue weighted by Crippen LogP contribution is -2.27. The molecule has 1 aliphatic rings. The molecule has 20 heavy (non-hydrogen) atoms. The Kier molecular flexibility index (Phi) is 4.02. The summed E-state index contributed by atoms with van der Waals surface area (Å²) in [7, 11) is 0. The van der Waals surface area contributed by atoms with Crippen LogP contribution in [0, 0.1) is 19.8 Å². The van der Waals surface area contributed by atoms with Crippen LogP contribution in [0.25, 0.3) is 0 Å². The first-order chi connectivity index (χ1) is 9.40. The van der Waals surface area contributed by atoms with Gasteiger partial charge in [-0.1, -0.05) is 6.58 Å². The van der Waals surface area contributed by atoms with Crippen LogP contribution in [0.3, 0.4) is 0 Å². The number of ether oxygens (including phenoxy) is 2. The van der Waals surface area contributed by atoms with E-state index in [9.17, 15) is 9.90 Å². The van der Waals surface area contributed by atoms with Crippen LogP contribution in [0.4, 0.5) is 0 Å². The number of hydrogen-bond acceptors (Lipinski definition) is 4. The van der Waals surface area contributed by atoms with Crippen LogP contribution in [0.15, 0.2) is 18.2 Å². The van der Waals surface area contributed by atoms with Gasteiger partial charge in [0, 0.05) is 11.5 Å². The van der Waals surface area contributed by atoms with Gasteiger partial charge in [-0.05, 0) is 49.9 Å². The fourth-order valence-electron chi connectivity index (χ4n) is 2.29. The van der Waals surface area contributed by atoms with Crippen LogP contribution in [-0.4, -0.2) is 24.3 Å². The van der Waals surface area contributed by atoms with Crippen LogP contribution in [0.1, 0.15) is 23.6 Å². The van der Waals surface area contributed by atoms with E-state index in [1.165, 1.54) is 0 Å². The Hall–Kier alpha value is -1.97. The predicted octanol–water partition coefficient (Wildman–Crippen LogP) is 2.68. The highest BCUT2D eigenvalue weighted by Crippen LogP contribution is 2.37. The maximum absolute atomic E-state index is 11.4. The molecule has 0 amide bonds. The van der Waals surface area contributed by atoms with E-state index in [1.54, 1.807) is 13.0 Å². The first-order valence-corrected chi connectivity index (χ1v) is 6.67. The van der Waals surface area contributed by atoms with Gasteiger partial charge in [0.05, 0.1) is 13.2 Å². The highest BCUT2D eigenvalue weighted by Gasteiger charge is 2.24. The number of carbonyl (C=O) groups is 1. The monoisotopic (exact) mass is 276 g/mol.